The zero-order chi connectivity index (χ0) is 21.7. The third-order valence-electron chi connectivity index (χ3n) is 4.73. The lowest BCUT2D eigenvalue weighted by molar-refractivity contribution is -0.127. The van der Waals surface area contributed by atoms with Gasteiger partial charge in [-0.25, -0.2) is 0 Å². The number of para-hydroxylation sites is 1. The van der Waals surface area contributed by atoms with Gasteiger partial charge in [-0.2, -0.15) is 0 Å². The maximum absolute atomic E-state index is 12.5. The summed E-state index contributed by atoms with van der Waals surface area (Å²) in [6.45, 7) is 0.0277. The molecule has 1 atom stereocenters. The van der Waals surface area contributed by atoms with Crippen LogP contribution in [0.4, 0.5) is 11.4 Å². The zero-order valence-corrected chi connectivity index (χ0v) is 17.4. The fraction of sp³-hybridized carbons (Fsp3) is 0.286. The molecule has 1 fully saturated rings. The molecule has 0 bridgehead atoms. The van der Waals surface area contributed by atoms with Crippen LogP contribution in [0.15, 0.2) is 42.5 Å². The molecule has 0 radical (unpaired) electrons. The summed E-state index contributed by atoms with van der Waals surface area (Å²) in [6.07, 6.45) is 0.101. The van der Waals surface area contributed by atoms with Crippen LogP contribution >= 0.6 is 11.6 Å². The monoisotopic (exact) mass is 431 g/mol. The molecule has 0 aliphatic carbocycles. The topological polar surface area (TPSA) is 97.0 Å². The number of nitrogens with one attached hydrogen (secondary N) is 2. The molecular formula is C21H22ClN3O5. The number of halogens is 1. The Hall–Kier alpha value is -3.26. The van der Waals surface area contributed by atoms with Gasteiger partial charge in [0.25, 0.3) is 0 Å². The Morgan fingerprint density at radius 1 is 1.13 bits per heavy atom. The van der Waals surface area contributed by atoms with E-state index in [0.29, 0.717) is 22.2 Å². The Morgan fingerprint density at radius 3 is 2.50 bits per heavy atom. The highest BCUT2D eigenvalue weighted by Crippen LogP contribution is 2.35. The van der Waals surface area contributed by atoms with Crippen molar-refractivity contribution in [2.75, 3.05) is 37.5 Å². The van der Waals surface area contributed by atoms with Crippen molar-refractivity contribution in [1.29, 1.82) is 0 Å². The molecule has 0 spiro atoms. The summed E-state index contributed by atoms with van der Waals surface area (Å²) < 4.78 is 10.4. The van der Waals surface area contributed by atoms with Crippen molar-refractivity contribution in [3.63, 3.8) is 0 Å². The molecule has 0 unspecified atom stereocenters. The minimum Gasteiger partial charge on any atom is -0.495 e. The van der Waals surface area contributed by atoms with Crippen LogP contribution in [0, 0.1) is 5.92 Å². The number of hydrogen-bond donors (Lipinski definition) is 2. The Balaban J connectivity index is 1.56. The van der Waals surface area contributed by atoms with Gasteiger partial charge in [0.2, 0.25) is 17.7 Å². The molecule has 158 valence electrons. The third-order valence-corrected chi connectivity index (χ3v) is 5.03. The van der Waals surface area contributed by atoms with E-state index >= 15 is 0 Å². The van der Waals surface area contributed by atoms with Crippen LogP contribution in [-0.4, -0.2) is 45.0 Å². The van der Waals surface area contributed by atoms with Gasteiger partial charge in [-0.1, -0.05) is 29.8 Å². The van der Waals surface area contributed by atoms with Gasteiger partial charge in [0.1, 0.15) is 11.5 Å². The first kappa shape index (κ1) is 21.4. The number of rotatable bonds is 7. The number of carbonyl (C=O) groups is 3. The van der Waals surface area contributed by atoms with Gasteiger partial charge in [0.05, 0.1) is 37.4 Å². The molecule has 2 N–H and O–H groups in total. The zero-order valence-electron chi connectivity index (χ0n) is 16.6. The summed E-state index contributed by atoms with van der Waals surface area (Å²) in [5.41, 5.74) is 1.10. The first-order valence-electron chi connectivity index (χ1n) is 9.27. The Bertz CT molecular complexity index is 951. The molecule has 9 heteroatoms. The first-order valence-corrected chi connectivity index (χ1v) is 9.65. The van der Waals surface area contributed by atoms with Gasteiger partial charge >= 0.3 is 0 Å². The molecule has 1 heterocycles. The average molecular weight is 432 g/mol. The average Bonchev–Trinajstić information content (AvgIpc) is 3.14. The SMILES string of the molecule is COc1cc(OC)c(NC(=O)CNC(=O)[C@@H]2CC(=O)N(c3ccccc3)C2)cc1Cl. The van der Waals surface area contributed by atoms with E-state index in [1.54, 1.807) is 11.0 Å². The van der Waals surface area contributed by atoms with Gasteiger partial charge < -0.3 is 25.0 Å². The molecule has 30 heavy (non-hydrogen) atoms. The van der Waals surface area contributed by atoms with Gasteiger partial charge in [-0.05, 0) is 18.2 Å². The Labute approximate surface area is 179 Å². The second kappa shape index (κ2) is 9.49. The van der Waals surface area contributed by atoms with Crippen LogP contribution < -0.4 is 25.0 Å². The van der Waals surface area contributed by atoms with Crippen LogP contribution in [-0.2, 0) is 14.4 Å². The molecule has 2 aromatic rings. The first-order chi connectivity index (χ1) is 14.4. The van der Waals surface area contributed by atoms with Crippen molar-refractivity contribution in [3.8, 4) is 11.5 Å². The second-order valence-corrected chi connectivity index (χ2v) is 7.10. The summed E-state index contributed by atoms with van der Waals surface area (Å²) in [5, 5.41) is 5.54. The lowest BCUT2D eigenvalue weighted by Gasteiger charge is -2.16. The molecule has 0 saturated carbocycles. The maximum Gasteiger partial charge on any atom is 0.243 e. The summed E-state index contributed by atoms with van der Waals surface area (Å²) >= 11 is 6.10. The van der Waals surface area contributed by atoms with Gasteiger partial charge in [-0.3, -0.25) is 14.4 Å². The van der Waals surface area contributed by atoms with E-state index in [1.807, 2.05) is 30.3 Å². The minimum atomic E-state index is -0.518. The number of anilines is 2. The fourth-order valence-electron chi connectivity index (χ4n) is 3.20. The highest BCUT2D eigenvalue weighted by molar-refractivity contribution is 6.32. The number of ether oxygens (including phenoxy) is 2. The number of benzene rings is 2. The lowest BCUT2D eigenvalue weighted by Crippen LogP contribution is -2.38. The quantitative estimate of drug-likeness (QED) is 0.702. The molecule has 3 rings (SSSR count). The minimum absolute atomic E-state index is 0.101. The molecule has 2 aromatic carbocycles. The van der Waals surface area contributed by atoms with Crippen molar-refractivity contribution in [1.82, 2.24) is 5.32 Å². The molecule has 8 nitrogen and oxygen atoms in total. The van der Waals surface area contributed by atoms with E-state index < -0.39 is 11.8 Å². The number of methoxy groups -OCH3 is 2. The van der Waals surface area contributed by atoms with Crippen LogP contribution in [0.5, 0.6) is 11.5 Å². The summed E-state index contributed by atoms with van der Waals surface area (Å²) in [6, 6.07) is 12.2. The smallest absolute Gasteiger partial charge is 0.243 e. The summed E-state index contributed by atoms with van der Waals surface area (Å²) in [5.74, 6) is -0.660. The predicted octanol–water partition coefficient (Wildman–Crippen LogP) is 2.46. The summed E-state index contributed by atoms with van der Waals surface area (Å²) in [7, 11) is 2.93. The van der Waals surface area contributed by atoms with E-state index in [1.165, 1.54) is 20.3 Å². The largest absolute Gasteiger partial charge is 0.495 e. The van der Waals surface area contributed by atoms with Gasteiger partial charge in [0, 0.05) is 24.7 Å². The van der Waals surface area contributed by atoms with E-state index in [2.05, 4.69) is 10.6 Å². The number of hydrogen-bond acceptors (Lipinski definition) is 5. The highest BCUT2D eigenvalue weighted by atomic mass is 35.5. The van der Waals surface area contributed by atoms with Crippen LogP contribution in [0.3, 0.4) is 0 Å². The van der Waals surface area contributed by atoms with E-state index in [4.69, 9.17) is 21.1 Å². The van der Waals surface area contributed by atoms with E-state index in [0.717, 1.165) is 5.69 Å². The van der Waals surface area contributed by atoms with Crippen molar-refractivity contribution < 1.29 is 23.9 Å². The number of carbonyl (C=O) groups excluding carboxylic acids is 3. The fourth-order valence-corrected chi connectivity index (χ4v) is 3.45. The molecule has 1 saturated heterocycles. The molecular weight excluding hydrogens is 410 g/mol. The summed E-state index contributed by atoms with van der Waals surface area (Å²) in [4.78, 5) is 38.6. The van der Waals surface area contributed by atoms with Crippen molar-refractivity contribution in [2.45, 2.75) is 6.42 Å². The lowest BCUT2D eigenvalue weighted by atomic mass is 10.1. The molecule has 1 aliphatic heterocycles. The third kappa shape index (κ3) is 4.83. The normalized spacial score (nSPS) is 15.6. The maximum atomic E-state index is 12.5. The van der Waals surface area contributed by atoms with E-state index in [9.17, 15) is 14.4 Å². The van der Waals surface area contributed by atoms with Gasteiger partial charge in [0.15, 0.2) is 0 Å². The van der Waals surface area contributed by atoms with Crippen molar-refractivity contribution in [3.05, 3.63) is 47.5 Å². The van der Waals surface area contributed by atoms with Crippen LogP contribution in [0.1, 0.15) is 6.42 Å². The number of amides is 3. The van der Waals surface area contributed by atoms with Crippen LogP contribution in [0.25, 0.3) is 0 Å². The number of nitrogens with zero attached hydrogens (tertiary/aromatic N) is 1. The van der Waals surface area contributed by atoms with Crippen molar-refractivity contribution in [2.24, 2.45) is 5.92 Å². The molecule has 3 amide bonds. The highest BCUT2D eigenvalue weighted by Gasteiger charge is 2.35. The predicted molar refractivity (Wildman–Crippen MR) is 113 cm³/mol. The van der Waals surface area contributed by atoms with E-state index in [-0.39, 0.29) is 31.3 Å². The van der Waals surface area contributed by atoms with Crippen molar-refractivity contribution >= 4 is 40.7 Å². The van der Waals surface area contributed by atoms with Crippen LogP contribution in [0.2, 0.25) is 5.02 Å². The van der Waals surface area contributed by atoms with Gasteiger partial charge in [-0.15, -0.1) is 0 Å². The molecule has 0 aromatic heterocycles. The second-order valence-electron chi connectivity index (χ2n) is 6.69. The molecule has 1 aliphatic rings. The Morgan fingerprint density at radius 2 is 1.83 bits per heavy atom. The Kier molecular flexibility index (Phi) is 6.79. The standard InChI is InChI=1S/C21H22ClN3O5/c1-29-17-10-18(30-2)16(9-15(17)22)24-19(26)11-23-21(28)13-8-20(27)25(12-13)14-6-4-3-5-7-14/h3-7,9-10,13H,8,11-12H2,1-2H3,(H,23,28)(H,24,26)/t13-/m1/s1.